The molecule has 0 saturated carbocycles. The molecule has 0 aliphatic carbocycles. The Labute approximate surface area is 379 Å². The number of aliphatic hydroxyl groups excluding tert-OH is 1. The van der Waals surface area contributed by atoms with Crippen LogP contribution in [-0.4, -0.2) is 169 Å². The Balaban J connectivity index is 3.35. The molecular formula is C39H62ClN9O16. The molecule has 0 radical (unpaired) electrons. The van der Waals surface area contributed by atoms with Crippen molar-refractivity contribution in [1.82, 2.24) is 47.2 Å². The van der Waals surface area contributed by atoms with E-state index in [9.17, 15) is 72.9 Å². The molecule has 1 aliphatic heterocycles. The Kier molecular flexibility index (Phi) is 23.9. The topological polar surface area (TPSA) is 376 Å². The minimum atomic E-state index is -1.97. The first-order chi connectivity index (χ1) is 30.2. The maximum absolute atomic E-state index is 14.0. The smallest absolute Gasteiger partial charge is 0.305 e. The van der Waals surface area contributed by atoms with Gasteiger partial charge in [-0.1, -0.05) is 34.6 Å². The van der Waals surface area contributed by atoms with Crippen molar-refractivity contribution in [2.45, 2.75) is 142 Å². The van der Waals surface area contributed by atoms with E-state index in [0.717, 1.165) is 18.9 Å². The van der Waals surface area contributed by atoms with Crippen molar-refractivity contribution in [2.24, 2.45) is 11.8 Å². The number of hydrogen-bond acceptors (Lipinski definition) is 13. The standard InChI is InChI=1S/C39H62ClN9O16/c1-8-13-49(26(52)17-40)47-36(62)25-10-9-14-48(25)39(65)31(19(4)5)45-37(63)30(18(2)3)44-35(61)24(16-29(57)58)43-33(59)22(11-12-27(53)54)42-38(64)32(20(6)50)46-34(60)23(15-28(55)56)41-21(7)51/h18-20,22-25,30-32,50H,8-17H2,1-7H3,(H,41,51)(H,42,64)(H,43,59)(H,44,61)(H,45,63)(H,46,60)(H,47,62)(H,53,54)(H,55,56)(H,57,58)/t20-,22+,23+,24+,25+,30+,31+,32+/m1/s1. The number of hydrogen-bond donors (Lipinski definition) is 11. The van der Waals surface area contributed by atoms with Crippen LogP contribution < -0.4 is 37.3 Å². The van der Waals surface area contributed by atoms with Gasteiger partial charge >= 0.3 is 17.9 Å². The average Bonchev–Trinajstić information content (AvgIpc) is 3.70. The van der Waals surface area contributed by atoms with Gasteiger partial charge in [-0.3, -0.25) is 68.0 Å². The van der Waals surface area contributed by atoms with Crippen LogP contribution in [0.5, 0.6) is 0 Å². The van der Waals surface area contributed by atoms with E-state index in [1.165, 1.54) is 18.7 Å². The number of nitrogens with zero attached hydrogens (tertiary/aromatic N) is 2. The summed E-state index contributed by atoms with van der Waals surface area (Å²) in [5.41, 5.74) is 2.51. The summed E-state index contributed by atoms with van der Waals surface area (Å²) in [6.45, 7) is 10.4. The summed E-state index contributed by atoms with van der Waals surface area (Å²) >= 11 is 5.69. The molecule has 26 heteroatoms. The van der Waals surface area contributed by atoms with Crippen LogP contribution in [0.25, 0.3) is 0 Å². The van der Waals surface area contributed by atoms with Gasteiger partial charge in [-0.15, -0.1) is 11.6 Å². The number of halogens is 1. The van der Waals surface area contributed by atoms with Gasteiger partial charge < -0.3 is 57.2 Å². The molecule has 1 heterocycles. The number of carbonyl (C=O) groups is 12. The number of aliphatic carboxylic acids is 3. The maximum atomic E-state index is 14.0. The summed E-state index contributed by atoms with van der Waals surface area (Å²) in [6, 6.07) is -11.2. The molecule has 25 nitrogen and oxygen atoms in total. The molecular weight excluding hydrogens is 886 g/mol. The predicted molar refractivity (Wildman–Crippen MR) is 226 cm³/mol. The van der Waals surface area contributed by atoms with Crippen molar-refractivity contribution in [2.75, 3.05) is 19.0 Å². The lowest BCUT2D eigenvalue weighted by molar-refractivity contribution is -0.147. The summed E-state index contributed by atoms with van der Waals surface area (Å²) < 4.78 is 0. The first kappa shape index (κ1) is 56.9. The number of alkyl halides is 1. The summed E-state index contributed by atoms with van der Waals surface area (Å²) in [5.74, 6) is -14.9. The lowest BCUT2D eigenvalue weighted by atomic mass is 9.98. The van der Waals surface area contributed by atoms with Crippen molar-refractivity contribution >= 4 is 82.7 Å². The average molecular weight is 948 g/mol. The van der Waals surface area contributed by atoms with E-state index in [1.807, 2.05) is 0 Å². The van der Waals surface area contributed by atoms with Gasteiger partial charge in [0, 0.05) is 26.4 Å². The zero-order valence-electron chi connectivity index (χ0n) is 37.3. The molecule has 1 saturated heterocycles. The van der Waals surface area contributed by atoms with E-state index in [1.54, 1.807) is 20.8 Å². The van der Waals surface area contributed by atoms with E-state index in [2.05, 4.69) is 37.3 Å². The van der Waals surface area contributed by atoms with Crippen LogP contribution in [0.3, 0.4) is 0 Å². The Morgan fingerprint density at radius 3 is 1.60 bits per heavy atom. The summed E-state index contributed by atoms with van der Waals surface area (Å²) in [4.78, 5) is 154. The van der Waals surface area contributed by atoms with Gasteiger partial charge in [0.2, 0.25) is 41.4 Å². The molecule has 366 valence electrons. The number of hydrazine groups is 1. The van der Waals surface area contributed by atoms with Gasteiger partial charge in [0.05, 0.1) is 18.9 Å². The van der Waals surface area contributed by atoms with Crippen LogP contribution in [-0.2, 0) is 57.5 Å². The van der Waals surface area contributed by atoms with Gasteiger partial charge in [-0.05, 0) is 44.4 Å². The molecule has 0 bridgehead atoms. The second kappa shape index (κ2) is 27.3. The molecule has 0 aromatic carbocycles. The number of aliphatic hydroxyl groups is 1. The Morgan fingerprint density at radius 1 is 0.662 bits per heavy atom. The molecule has 1 aliphatic rings. The van der Waals surface area contributed by atoms with E-state index in [-0.39, 0.29) is 19.5 Å². The van der Waals surface area contributed by atoms with Crippen molar-refractivity contribution in [1.29, 1.82) is 0 Å². The van der Waals surface area contributed by atoms with Gasteiger partial charge in [0.15, 0.2) is 0 Å². The number of carboxylic acids is 3. The Morgan fingerprint density at radius 2 is 1.14 bits per heavy atom. The van der Waals surface area contributed by atoms with Crippen molar-refractivity contribution in [3.05, 3.63) is 0 Å². The van der Waals surface area contributed by atoms with Crippen LogP contribution in [0.1, 0.15) is 93.4 Å². The molecule has 9 amide bonds. The molecule has 0 aromatic heterocycles. The third kappa shape index (κ3) is 18.9. The molecule has 0 aromatic rings. The van der Waals surface area contributed by atoms with Crippen LogP contribution >= 0.6 is 11.6 Å². The van der Waals surface area contributed by atoms with Crippen LogP contribution in [0.4, 0.5) is 0 Å². The number of nitrogens with one attached hydrogen (secondary N) is 7. The molecule has 0 unspecified atom stereocenters. The fraction of sp³-hybridized carbons (Fsp3) is 0.692. The molecule has 65 heavy (non-hydrogen) atoms. The fourth-order valence-corrected chi connectivity index (χ4v) is 6.66. The van der Waals surface area contributed by atoms with Gasteiger partial charge in [0.1, 0.15) is 48.2 Å². The molecule has 8 atom stereocenters. The Hall–Kier alpha value is -6.11. The van der Waals surface area contributed by atoms with Crippen LogP contribution in [0, 0.1) is 11.8 Å². The SMILES string of the molecule is CCCN(NC(=O)[C@@H]1CCCN1C(=O)[C@@H](NC(=O)[C@@H](NC(=O)[C@H](CC(=O)O)NC(=O)[C@H](CCC(=O)O)NC(=O)[C@@H](NC(=O)[C@H](CC(=O)O)NC(C)=O)[C@@H](C)O)C(C)C)C(C)C)C(=O)CCl. The fourth-order valence-electron chi connectivity index (χ4n) is 6.52. The van der Waals surface area contributed by atoms with Crippen molar-refractivity contribution in [3.63, 3.8) is 0 Å². The summed E-state index contributed by atoms with van der Waals surface area (Å²) in [5, 5.41) is 53.0. The second-order valence-electron chi connectivity index (χ2n) is 16.0. The van der Waals surface area contributed by atoms with Gasteiger partial charge in [-0.25, -0.2) is 0 Å². The molecule has 1 fully saturated rings. The lowest BCUT2D eigenvalue weighted by Crippen LogP contribution is -2.62. The second-order valence-corrected chi connectivity index (χ2v) is 16.3. The largest absolute Gasteiger partial charge is 0.481 e. The highest BCUT2D eigenvalue weighted by Gasteiger charge is 2.41. The van der Waals surface area contributed by atoms with Crippen molar-refractivity contribution < 1.29 is 78.0 Å². The zero-order chi connectivity index (χ0) is 49.9. The van der Waals surface area contributed by atoms with Crippen LogP contribution in [0.15, 0.2) is 0 Å². The molecule has 1 rings (SSSR count). The lowest BCUT2D eigenvalue weighted by Gasteiger charge is -2.33. The highest BCUT2D eigenvalue weighted by Crippen LogP contribution is 2.21. The third-order valence-corrected chi connectivity index (χ3v) is 10.1. The highest BCUT2D eigenvalue weighted by molar-refractivity contribution is 6.27. The number of rotatable bonds is 26. The number of carbonyl (C=O) groups excluding carboxylic acids is 9. The minimum Gasteiger partial charge on any atom is -0.481 e. The van der Waals surface area contributed by atoms with E-state index < -0.39 is 163 Å². The minimum absolute atomic E-state index is 0.141. The first-order valence-electron chi connectivity index (χ1n) is 20.9. The predicted octanol–water partition coefficient (Wildman–Crippen LogP) is -3.08. The third-order valence-electron chi connectivity index (χ3n) is 9.85. The van der Waals surface area contributed by atoms with Crippen LogP contribution in [0.2, 0.25) is 0 Å². The quantitative estimate of drug-likeness (QED) is 0.0303. The highest BCUT2D eigenvalue weighted by atomic mass is 35.5. The molecule has 11 N–H and O–H groups in total. The van der Waals surface area contributed by atoms with E-state index in [4.69, 9.17) is 16.7 Å². The summed E-state index contributed by atoms with van der Waals surface area (Å²) in [6.07, 6.45) is -4.03. The number of carboxylic acid groups (broad SMARTS) is 3. The Bertz CT molecular complexity index is 1760. The van der Waals surface area contributed by atoms with E-state index >= 15 is 0 Å². The molecule has 0 spiro atoms. The maximum Gasteiger partial charge on any atom is 0.305 e. The van der Waals surface area contributed by atoms with Crippen molar-refractivity contribution in [3.8, 4) is 0 Å². The first-order valence-corrected chi connectivity index (χ1v) is 21.4. The summed E-state index contributed by atoms with van der Waals surface area (Å²) in [7, 11) is 0. The van der Waals surface area contributed by atoms with Gasteiger partial charge in [-0.2, -0.15) is 0 Å². The van der Waals surface area contributed by atoms with Gasteiger partial charge in [0.25, 0.3) is 11.8 Å². The normalized spacial score (nSPS) is 16.6. The van der Waals surface area contributed by atoms with E-state index in [0.29, 0.717) is 12.8 Å². The zero-order valence-corrected chi connectivity index (χ0v) is 38.1. The number of likely N-dealkylation sites (tertiary alicyclic amines) is 1. The number of amides is 9. The monoisotopic (exact) mass is 947 g/mol.